The number of nitrogens with zero attached hydrogens (tertiary/aromatic N) is 2. The molecule has 2 aliphatic heterocycles. The highest BCUT2D eigenvalue weighted by atomic mass is 16.5. The van der Waals surface area contributed by atoms with Crippen molar-refractivity contribution in [1.29, 1.82) is 0 Å². The summed E-state index contributed by atoms with van der Waals surface area (Å²) in [5, 5.41) is 8.02. The minimum Gasteiger partial charge on any atom is -0.381 e. The maximum atomic E-state index is 6.11. The van der Waals surface area contributed by atoms with Gasteiger partial charge in [-0.15, -0.1) is 0 Å². The van der Waals surface area contributed by atoms with E-state index in [0.717, 1.165) is 58.6 Å². The fraction of sp³-hybridized carbons (Fsp3) is 0.812. The second-order valence-corrected chi connectivity index (χ2v) is 6.30. The van der Waals surface area contributed by atoms with Crippen molar-refractivity contribution < 1.29 is 9.47 Å². The fourth-order valence-corrected chi connectivity index (χ4v) is 3.40. The van der Waals surface area contributed by atoms with Gasteiger partial charge in [0.05, 0.1) is 17.8 Å². The average molecular weight is 293 g/mol. The van der Waals surface area contributed by atoms with E-state index in [0.29, 0.717) is 6.04 Å². The van der Waals surface area contributed by atoms with Gasteiger partial charge in [-0.05, 0) is 38.6 Å². The predicted octanol–water partition coefficient (Wildman–Crippen LogP) is 2.28. The number of rotatable bonds is 5. The summed E-state index contributed by atoms with van der Waals surface area (Å²) in [6, 6.07) is 0.469. The number of nitrogens with one attached hydrogen (secondary N) is 1. The van der Waals surface area contributed by atoms with Gasteiger partial charge in [-0.25, -0.2) is 0 Å². The van der Waals surface area contributed by atoms with Gasteiger partial charge < -0.3 is 14.8 Å². The Hall–Kier alpha value is -0.910. The van der Waals surface area contributed by atoms with Crippen LogP contribution >= 0.6 is 0 Å². The molecule has 0 saturated carbocycles. The Morgan fingerprint density at radius 2 is 2.24 bits per heavy atom. The summed E-state index contributed by atoms with van der Waals surface area (Å²) in [5.74, 6) is 0. The summed E-state index contributed by atoms with van der Waals surface area (Å²) in [5.41, 5.74) is 1.31. The van der Waals surface area contributed by atoms with Gasteiger partial charge in [-0.3, -0.25) is 4.68 Å². The third-order valence-electron chi connectivity index (χ3n) is 4.66. The molecule has 2 aliphatic rings. The Labute approximate surface area is 127 Å². The van der Waals surface area contributed by atoms with Crippen molar-refractivity contribution in [2.24, 2.45) is 0 Å². The summed E-state index contributed by atoms with van der Waals surface area (Å²) in [7, 11) is 0. The molecular formula is C16H27N3O2. The lowest BCUT2D eigenvalue weighted by molar-refractivity contribution is -0.145. The van der Waals surface area contributed by atoms with Crippen LogP contribution in [-0.4, -0.2) is 41.7 Å². The van der Waals surface area contributed by atoms with Crippen LogP contribution in [0.2, 0.25) is 0 Å². The largest absolute Gasteiger partial charge is 0.381 e. The van der Waals surface area contributed by atoms with Gasteiger partial charge in [-0.1, -0.05) is 6.92 Å². The van der Waals surface area contributed by atoms with E-state index in [4.69, 9.17) is 9.47 Å². The lowest BCUT2D eigenvalue weighted by Crippen LogP contribution is -2.44. The first kappa shape index (κ1) is 15.0. The third-order valence-corrected chi connectivity index (χ3v) is 4.66. The Bertz CT molecular complexity index is 435. The Kier molecular flexibility index (Phi) is 4.93. The van der Waals surface area contributed by atoms with Crippen molar-refractivity contribution in [3.63, 3.8) is 0 Å². The van der Waals surface area contributed by atoms with Crippen molar-refractivity contribution in [2.45, 2.75) is 57.2 Å². The normalized spacial score (nSPS) is 25.3. The van der Waals surface area contributed by atoms with Gasteiger partial charge in [0.1, 0.15) is 0 Å². The maximum absolute atomic E-state index is 6.11. The smallest absolute Gasteiger partial charge is 0.0746 e. The van der Waals surface area contributed by atoms with Crippen LogP contribution in [0.3, 0.4) is 0 Å². The molecule has 1 spiro atoms. The molecular weight excluding hydrogens is 266 g/mol. The van der Waals surface area contributed by atoms with E-state index in [1.807, 2.05) is 6.20 Å². The van der Waals surface area contributed by atoms with Gasteiger partial charge in [-0.2, -0.15) is 5.10 Å². The summed E-state index contributed by atoms with van der Waals surface area (Å²) in [4.78, 5) is 0. The van der Waals surface area contributed by atoms with Gasteiger partial charge in [0.2, 0.25) is 0 Å². The molecule has 0 aromatic carbocycles. The van der Waals surface area contributed by atoms with Gasteiger partial charge >= 0.3 is 0 Å². The SMILES string of the molecule is CCCNCc1cnn(C2CCOC3(CCOCC3)C2)c1. The maximum Gasteiger partial charge on any atom is 0.0746 e. The van der Waals surface area contributed by atoms with Crippen molar-refractivity contribution in [3.05, 3.63) is 18.0 Å². The van der Waals surface area contributed by atoms with Gasteiger partial charge in [0, 0.05) is 38.1 Å². The van der Waals surface area contributed by atoms with Crippen molar-refractivity contribution >= 4 is 0 Å². The van der Waals surface area contributed by atoms with Crippen LogP contribution in [-0.2, 0) is 16.0 Å². The zero-order valence-corrected chi connectivity index (χ0v) is 13.0. The molecule has 118 valence electrons. The van der Waals surface area contributed by atoms with E-state index in [-0.39, 0.29) is 5.60 Å². The zero-order chi connectivity index (χ0) is 14.5. The number of hydrogen-bond donors (Lipinski definition) is 1. The molecule has 5 heteroatoms. The molecule has 1 N–H and O–H groups in total. The lowest BCUT2D eigenvalue weighted by atomic mass is 9.84. The highest BCUT2D eigenvalue weighted by Crippen LogP contribution is 2.38. The highest BCUT2D eigenvalue weighted by molar-refractivity contribution is 5.05. The standard InChI is InChI=1S/C16H27N3O2/c1-2-6-17-11-14-12-18-19(13-14)15-3-7-21-16(10-15)4-8-20-9-5-16/h12-13,15,17H,2-11H2,1H3. The molecule has 3 heterocycles. The van der Waals surface area contributed by atoms with Crippen LogP contribution < -0.4 is 5.32 Å². The fourth-order valence-electron chi connectivity index (χ4n) is 3.40. The first-order valence-corrected chi connectivity index (χ1v) is 8.27. The van der Waals surface area contributed by atoms with Crippen molar-refractivity contribution in [3.8, 4) is 0 Å². The van der Waals surface area contributed by atoms with E-state index < -0.39 is 0 Å². The highest BCUT2D eigenvalue weighted by Gasteiger charge is 2.39. The molecule has 0 aliphatic carbocycles. The van der Waals surface area contributed by atoms with E-state index in [1.54, 1.807) is 0 Å². The van der Waals surface area contributed by atoms with Crippen LogP contribution in [0.15, 0.2) is 12.4 Å². The predicted molar refractivity (Wildman–Crippen MR) is 81.2 cm³/mol. The second-order valence-electron chi connectivity index (χ2n) is 6.30. The molecule has 1 aromatic rings. The van der Waals surface area contributed by atoms with Crippen LogP contribution in [0.5, 0.6) is 0 Å². The number of ether oxygens (including phenoxy) is 2. The molecule has 3 rings (SSSR count). The molecule has 2 saturated heterocycles. The van der Waals surface area contributed by atoms with Crippen molar-refractivity contribution in [2.75, 3.05) is 26.4 Å². The minimum atomic E-state index is 0.0355. The Morgan fingerprint density at radius 1 is 1.38 bits per heavy atom. The summed E-state index contributed by atoms with van der Waals surface area (Å²) < 4.78 is 13.8. The monoisotopic (exact) mass is 293 g/mol. The van der Waals surface area contributed by atoms with E-state index in [2.05, 4.69) is 28.2 Å². The van der Waals surface area contributed by atoms with E-state index in [1.165, 1.54) is 12.0 Å². The van der Waals surface area contributed by atoms with Crippen molar-refractivity contribution in [1.82, 2.24) is 15.1 Å². The molecule has 1 aromatic heterocycles. The van der Waals surface area contributed by atoms with Crippen LogP contribution in [0, 0.1) is 0 Å². The average Bonchev–Trinajstić information content (AvgIpc) is 2.97. The molecule has 2 fully saturated rings. The lowest BCUT2D eigenvalue weighted by Gasteiger charge is -2.43. The molecule has 21 heavy (non-hydrogen) atoms. The van der Waals surface area contributed by atoms with Gasteiger partial charge in [0.25, 0.3) is 0 Å². The van der Waals surface area contributed by atoms with E-state index in [9.17, 15) is 0 Å². The Morgan fingerprint density at radius 3 is 3.05 bits per heavy atom. The third kappa shape index (κ3) is 3.65. The van der Waals surface area contributed by atoms with Gasteiger partial charge in [0.15, 0.2) is 0 Å². The topological polar surface area (TPSA) is 48.3 Å². The van der Waals surface area contributed by atoms with Crippen LogP contribution in [0.1, 0.15) is 50.6 Å². The van der Waals surface area contributed by atoms with Crippen LogP contribution in [0.25, 0.3) is 0 Å². The Balaban J connectivity index is 1.60. The molecule has 5 nitrogen and oxygen atoms in total. The molecule has 0 amide bonds. The molecule has 1 unspecified atom stereocenters. The van der Waals surface area contributed by atoms with E-state index >= 15 is 0 Å². The quantitative estimate of drug-likeness (QED) is 0.846. The first-order valence-electron chi connectivity index (χ1n) is 8.27. The number of hydrogen-bond acceptors (Lipinski definition) is 4. The first-order chi connectivity index (χ1) is 10.3. The van der Waals surface area contributed by atoms with Crippen LogP contribution in [0.4, 0.5) is 0 Å². The molecule has 0 radical (unpaired) electrons. The number of aromatic nitrogens is 2. The summed E-state index contributed by atoms with van der Waals surface area (Å²) in [6.45, 7) is 6.66. The molecule has 0 bridgehead atoms. The summed E-state index contributed by atoms with van der Waals surface area (Å²) in [6.07, 6.45) is 9.54. The molecule has 1 atom stereocenters. The zero-order valence-electron chi connectivity index (χ0n) is 13.0. The summed E-state index contributed by atoms with van der Waals surface area (Å²) >= 11 is 0. The minimum absolute atomic E-state index is 0.0355. The second kappa shape index (κ2) is 6.90.